The summed E-state index contributed by atoms with van der Waals surface area (Å²) in [5, 5.41) is 3.28. The van der Waals surface area contributed by atoms with Crippen molar-refractivity contribution in [2.24, 2.45) is 5.92 Å². The fraction of sp³-hybridized carbons (Fsp3) is 0.917. The fourth-order valence-electron chi connectivity index (χ4n) is 1.84. The normalized spacial score (nSPS) is 17.3. The minimum absolute atomic E-state index is 0.0769. The molecule has 16 heavy (non-hydrogen) atoms. The molecule has 0 radical (unpaired) electrons. The first kappa shape index (κ1) is 13.5. The van der Waals surface area contributed by atoms with Gasteiger partial charge in [0.25, 0.3) is 0 Å². The van der Waals surface area contributed by atoms with Crippen LogP contribution in [0.5, 0.6) is 0 Å². The van der Waals surface area contributed by atoms with Crippen molar-refractivity contribution in [1.29, 1.82) is 0 Å². The lowest BCUT2D eigenvalue weighted by atomic mass is 9.95. The van der Waals surface area contributed by atoms with Crippen molar-refractivity contribution < 1.29 is 14.3 Å². The molecule has 4 nitrogen and oxygen atoms in total. The average Bonchev–Trinajstić information content (AvgIpc) is 2.30. The Morgan fingerprint density at radius 1 is 1.25 bits per heavy atom. The molecule has 4 heteroatoms. The van der Waals surface area contributed by atoms with Crippen molar-refractivity contribution in [3.8, 4) is 0 Å². The van der Waals surface area contributed by atoms with Crippen LogP contribution in [0.2, 0.25) is 0 Å². The number of nitrogens with one attached hydrogen (secondary N) is 1. The van der Waals surface area contributed by atoms with Crippen molar-refractivity contribution in [1.82, 2.24) is 5.32 Å². The Morgan fingerprint density at radius 2 is 2.00 bits per heavy atom. The van der Waals surface area contributed by atoms with Crippen LogP contribution in [-0.4, -0.2) is 38.9 Å². The van der Waals surface area contributed by atoms with Crippen molar-refractivity contribution in [2.75, 3.05) is 32.9 Å². The smallest absolute Gasteiger partial charge is 0.306 e. The summed E-state index contributed by atoms with van der Waals surface area (Å²) in [6.45, 7) is 5.76. The van der Waals surface area contributed by atoms with Gasteiger partial charge in [0.1, 0.15) is 6.61 Å². The van der Waals surface area contributed by atoms with E-state index in [2.05, 4.69) is 12.2 Å². The second-order valence-corrected chi connectivity index (χ2v) is 4.23. The van der Waals surface area contributed by atoms with Crippen molar-refractivity contribution in [2.45, 2.75) is 32.6 Å². The summed E-state index contributed by atoms with van der Waals surface area (Å²) >= 11 is 0. The summed E-state index contributed by atoms with van der Waals surface area (Å²) in [7, 11) is 0. The lowest BCUT2D eigenvalue weighted by molar-refractivity contribution is -0.146. The van der Waals surface area contributed by atoms with Gasteiger partial charge in [0.05, 0.1) is 6.61 Å². The molecule has 0 aliphatic carbocycles. The van der Waals surface area contributed by atoms with Gasteiger partial charge >= 0.3 is 5.97 Å². The third-order valence-corrected chi connectivity index (χ3v) is 2.75. The van der Waals surface area contributed by atoms with Gasteiger partial charge < -0.3 is 14.8 Å². The van der Waals surface area contributed by atoms with E-state index in [0.717, 1.165) is 39.0 Å². The molecule has 1 N–H and O–H groups in total. The van der Waals surface area contributed by atoms with E-state index in [0.29, 0.717) is 25.6 Å². The molecule has 1 aliphatic heterocycles. The number of hydrogen-bond acceptors (Lipinski definition) is 4. The van der Waals surface area contributed by atoms with Gasteiger partial charge in [0.15, 0.2) is 0 Å². The number of ether oxygens (including phenoxy) is 2. The Balaban J connectivity index is 1.97. The van der Waals surface area contributed by atoms with E-state index in [1.165, 1.54) is 0 Å². The van der Waals surface area contributed by atoms with Crippen LogP contribution in [0.25, 0.3) is 0 Å². The van der Waals surface area contributed by atoms with Gasteiger partial charge in [-0.15, -0.1) is 0 Å². The summed E-state index contributed by atoms with van der Waals surface area (Å²) in [5.74, 6) is 0.428. The second kappa shape index (κ2) is 8.53. The SMILES string of the molecule is CCCOCCOC(=O)CC1CCNCC1. The summed E-state index contributed by atoms with van der Waals surface area (Å²) in [5.41, 5.74) is 0. The molecule has 0 unspecified atom stereocenters. The Morgan fingerprint density at radius 3 is 2.69 bits per heavy atom. The molecular weight excluding hydrogens is 206 g/mol. The molecule has 0 aromatic carbocycles. The molecule has 0 amide bonds. The van der Waals surface area contributed by atoms with Gasteiger partial charge in [-0.25, -0.2) is 0 Å². The Bertz CT molecular complexity index is 191. The molecule has 1 saturated heterocycles. The van der Waals surface area contributed by atoms with Crippen LogP contribution in [0.15, 0.2) is 0 Å². The van der Waals surface area contributed by atoms with Gasteiger partial charge in [-0.3, -0.25) is 4.79 Å². The summed E-state index contributed by atoms with van der Waals surface area (Å²) in [6.07, 6.45) is 3.74. The highest BCUT2D eigenvalue weighted by molar-refractivity contribution is 5.69. The highest BCUT2D eigenvalue weighted by Crippen LogP contribution is 2.16. The molecule has 1 fully saturated rings. The van der Waals surface area contributed by atoms with E-state index in [1.807, 2.05) is 0 Å². The zero-order chi connectivity index (χ0) is 11.6. The maximum absolute atomic E-state index is 11.4. The number of piperidine rings is 1. The quantitative estimate of drug-likeness (QED) is 0.529. The van der Waals surface area contributed by atoms with Crippen LogP contribution < -0.4 is 5.32 Å². The van der Waals surface area contributed by atoms with Crippen LogP contribution in [0.4, 0.5) is 0 Å². The van der Waals surface area contributed by atoms with E-state index in [9.17, 15) is 4.79 Å². The highest BCUT2D eigenvalue weighted by atomic mass is 16.6. The van der Waals surface area contributed by atoms with Crippen LogP contribution in [-0.2, 0) is 14.3 Å². The molecule has 0 atom stereocenters. The number of carbonyl (C=O) groups excluding carboxylic acids is 1. The lowest BCUT2D eigenvalue weighted by Crippen LogP contribution is -2.29. The van der Waals surface area contributed by atoms with Crippen molar-refractivity contribution in [3.05, 3.63) is 0 Å². The van der Waals surface area contributed by atoms with E-state index in [4.69, 9.17) is 9.47 Å². The molecule has 0 saturated carbocycles. The van der Waals surface area contributed by atoms with E-state index < -0.39 is 0 Å². The largest absolute Gasteiger partial charge is 0.463 e. The summed E-state index contributed by atoms with van der Waals surface area (Å²) in [4.78, 5) is 11.4. The maximum atomic E-state index is 11.4. The third-order valence-electron chi connectivity index (χ3n) is 2.75. The van der Waals surface area contributed by atoms with Gasteiger partial charge in [0.2, 0.25) is 0 Å². The molecule has 94 valence electrons. The molecule has 0 aromatic rings. The van der Waals surface area contributed by atoms with E-state index in [1.54, 1.807) is 0 Å². The highest BCUT2D eigenvalue weighted by Gasteiger charge is 2.17. The maximum Gasteiger partial charge on any atom is 0.306 e. The van der Waals surface area contributed by atoms with Crippen LogP contribution in [0.1, 0.15) is 32.6 Å². The third kappa shape index (κ3) is 6.08. The predicted molar refractivity (Wildman–Crippen MR) is 62.3 cm³/mol. The first-order valence-electron chi connectivity index (χ1n) is 6.27. The minimum atomic E-state index is -0.0769. The number of hydrogen-bond donors (Lipinski definition) is 1. The lowest BCUT2D eigenvalue weighted by Gasteiger charge is -2.21. The molecule has 1 rings (SSSR count). The number of esters is 1. The number of carbonyl (C=O) groups is 1. The van der Waals surface area contributed by atoms with E-state index >= 15 is 0 Å². The summed E-state index contributed by atoms with van der Waals surface area (Å²) in [6, 6.07) is 0. The Labute approximate surface area is 97.7 Å². The standard InChI is InChI=1S/C12H23NO3/c1-2-7-15-8-9-16-12(14)10-11-3-5-13-6-4-11/h11,13H,2-10H2,1H3. The first-order valence-corrected chi connectivity index (χ1v) is 6.27. The minimum Gasteiger partial charge on any atom is -0.463 e. The van der Waals surface area contributed by atoms with Crippen LogP contribution in [0.3, 0.4) is 0 Å². The van der Waals surface area contributed by atoms with Crippen molar-refractivity contribution in [3.63, 3.8) is 0 Å². The van der Waals surface area contributed by atoms with Gasteiger partial charge in [-0.05, 0) is 38.3 Å². The zero-order valence-corrected chi connectivity index (χ0v) is 10.2. The van der Waals surface area contributed by atoms with Gasteiger partial charge in [0, 0.05) is 13.0 Å². The second-order valence-electron chi connectivity index (χ2n) is 4.23. The van der Waals surface area contributed by atoms with E-state index in [-0.39, 0.29) is 5.97 Å². The van der Waals surface area contributed by atoms with Gasteiger partial charge in [-0.1, -0.05) is 6.92 Å². The zero-order valence-electron chi connectivity index (χ0n) is 10.2. The molecular formula is C12H23NO3. The van der Waals surface area contributed by atoms with Crippen molar-refractivity contribution >= 4 is 5.97 Å². The Hall–Kier alpha value is -0.610. The van der Waals surface area contributed by atoms with Gasteiger partial charge in [-0.2, -0.15) is 0 Å². The summed E-state index contributed by atoms with van der Waals surface area (Å²) < 4.78 is 10.3. The Kier molecular flexibility index (Phi) is 7.17. The first-order chi connectivity index (χ1) is 7.83. The van der Waals surface area contributed by atoms with Crippen LogP contribution >= 0.6 is 0 Å². The molecule has 0 aromatic heterocycles. The monoisotopic (exact) mass is 229 g/mol. The molecule has 0 bridgehead atoms. The number of rotatable bonds is 7. The topological polar surface area (TPSA) is 47.6 Å². The molecule has 1 heterocycles. The van der Waals surface area contributed by atoms with Crippen LogP contribution in [0, 0.1) is 5.92 Å². The molecule has 0 spiro atoms. The fourth-order valence-corrected chi connectivity index (χ4v) is 1.84. The average molecular weight is 229 g/mol. The predicted octanol–water partition coefficient (Wildman–Crippen LogP) is 1.35. The molecule has 1 aliphatic rings.